The Kier molecular flexibility index (Phi) is 6.28. The molecule has 0 heterocycles. The van der Waals surface area contributed by atoms with E-state index in [0.717, 1.165) is 28.9 Å². The summed E-state index contributed by atoms with van der Waals surface area (Å²) in [5.74, 6) is 0. The molecule has 0 bridgehead atoms. The molecule has 2 aromatic rings. The van der Waals surface area contributed by atoms with Gasteiger partial charge in [-0.05, 0) is 64.1 Å². The second-order valence-corrected chi connectivity index (χ2v) is 6.42. The maximum absolute atomic E-state index is 6.09. The van der Waals surface area contributed by atoms with Crippen LogP contribution >= 0.6 is 27.5 Å². The topological polar surface area (TPSA) is 12.0 Å². The van der Waals surface area contributed by atoms with Crippen molar-refractivity contribution < 1.29 is 0 Å². The van der Waals surface area contributed by atoms with Crippen molar-refractivity contribution in [3.05, 3.63) is 68.7 Å². The molecule has 0 radical (unpaired) electrons. The first-order chi connectivity index (χ1) is 10.1. The molecule has 0 aliphatic heterocycles. The minimum atomic E-state index is 0.302. The molecule has 0 spiro atoms. The fourth-order valence-corrected chi connectivity index (χ4v) is 2.94. The molecule has 0 saturated heterocycles. The third-order valence-electron chi connectivity index (χ3n) is 3.67. The largest absolute Gasteiger partial charge is 0.310 e. The number of benzene rings is 2. The fourth-order valence-electron chi connectivity index (χ4n) is 2.43. The molecule has 2 rings (SSSR count). The van der Waals surface area contributed by atoms with Gasteiger partial charge >= 0.3 is 0 Å². The van der Waals surface area contributed by atoms with Crippen molar-refractivity contribution in [2.75, 3.05) is 6.54 Å². The zero-order valence-corrected chi connectivity index (χ0v) is 14.8. The quantitative estimate of drug-likeness (QED) is 0.706. The summed E-state index contributed by atoms with van der Waals surface area (Å²) in [4.78, 5) is 0. The number of hydrogen-bond acceptors (Lipinski definition) is 1. The highest BCUT2D eigenvalue weighted by Gasteiger charge is 2.12. The molecular weight excluding hydrogens is 346 g/mol. The zero-order chi connectivity index (χ0) is 15.2. The highest BCUT2D eigenvalue weighted by molar-refractivity contribution is 9.10. The van der Waals surface area contributed by atoms with E-state index in [0.29, 0.717) is 6.04 Å². The Balaban J connectivity index is 2.19. The van der Waals surface area contributed by atoms with Gasteiger partial charge in [0.2, 0.25) is 0 Å². The van der Waals surface area contributed by atoms with Crippen LogP contribution in [0.1, 0.15) is 36.6 Å². The number of halogens is 2. The predicted octanol–water partition coefficient (Wildman–Crippen LogP) is 5.56. The number of hydrogen-bond donors (Lipinski definition) is 1. The molecular formula is C18H21BrClN. The van der Waals surface area contributed by atoms with Gasteiger partial charge < -0.3 is 5.32 Å². The van der Waals surface area contributed by atoms with Crippen LogP contribution < -0.4 is 5.32 Å². The SMILES string of the molecule is CCNC(Cc1ccc(CC)cc1)c1ccc(Cl)c(Br)c1. The van der Waals surface area contributed by atoms with Crippen LogP contribution in [-0.4, -0.2) is 6.54 Å². The van der Waals surface area contributed by atoms with E-state index in [2.05, 4.69) is 71.5 Å². The molecule has 0 aliphatic carbocycles. The monoisotopic (exact) mass is 365 g/mol. The molecule has 0 fully saturated rings. The van der Waals surface area contributed by atoms with Crippen LogP contribution in [0.5, 0.6) is 0 Å². The Morgan fingerprint density at radius 3 is 2.29 bits per heavy atom. The number of aryl methyl sites for hydroxylation is 1. The van der Waals surface area contributed by atoms with Gasteiger partial charge in [0, 0.05) is 10.5 Å². The molecule has 1 nitrogen and oxygen atoms in total. The molecule has 21 heavy (non-hydrogen) atoms. The van der Waals surface area contributed by atoms with Crippen molar-refractivity contribution in [2.24, 2.45) is 0 Å². The van der Waals surface area contributed by atoms with Gasteiger partial charge in [-0.2, -0.15) is 0 Å². The molecule has 0 amide bonds. The van der Waals surface area contributed by atoms with E-state index in [1.54, 1.807) is 0 Å². The van der Waals surface area contributed by atoms with Crippen molar-refractivity contribution in [3.63, 3.8) is 0 Å². The van der Waals surface area contributed by atoms with Gasteiger partial charge in [0.25, 0.3) is 0 Å². The van der Waals surface area contributed by atoms with Crippen LogP contribution in [0, 0.1) is 0 Å². The van der Waals surface area contributed by atoms with E-state index in [-0.39, 0.29) is 0 Å². The standard InChI is InChI=1S/C18H21BrClN/c1-3-13-5-7-14(8-6-13)11-18(21-4-2)15-9-10-17(20)16(19)12-15/h5-10,12,18,21H,3-4,11H2,1-2H3. The number of nitrogens with one attached hydrogen (secondary N) is 1. The summed E-state index contributed by atoms with van der Waals surface area (Å²) in [5.41, 5.74) is 3.99. The summed E-state index contributed by atoms with van der Waals surface area (Å²) in [6, 6.07) is 15.4. The Morgan fingerprint density at radius 2 is 1.71 bits per heavy atom. The van der Waals surface area contributed by atoms with Crippen LogP contribution in [0.2, 0.25) is 5.02 Å². The van der Waals surface area contributed by atoms with Crippen LogP contribution in [-0.2, 0) is 12.8 Å². The Labute approximate surface area is 140 Å². The lowest BCUT2D eigenvalue weighted by atomic mass is 9.98. The van der Waals surface area contributed by atoms with E-state index in [4.69, 9.17) is 11.6 Å². The maximum Gasteiger partial charge on any atom is 0.0548 e. The molecule has 1 unspecified atom stereocenters. The van der Waals surface area contributed by atoms with Crippen LogP contribution in [0.15, 0.2) is 46.9 Å². The van der Waals surface area contributed by atoms with Gasteiger partial charge in [0.15, 0.2) is 0 Å². The molecule has 1 N–H and O–H groups in total. The first kappa shape index (κ1) is 16.5. The molecule has 0 saturated carbocycles. The van der Waals surface area contributed by atoms with Gasteiger partial charge in [0.1, 0.15) is 0 Å². The molecule has 2 aromatic carbocycles. The Bertz CT molecular complexity index is 580. The van der Waals surface area contributed by atoms with Gasteiger partial charge in [-0.15, -0.1) is 0 Å². The second-order valence-electron chi connectivity index (χ2n) is 5.16. The third-order valence-corrected chi connectivity index (χ3v) is 4.88. The zero-order valence-electron chi connectivity index (χ0n) is 12.5. The molecule has 1 atom stereocenters. The Hall–Kier alpha value is -0.830. The van der Waals surface area contributed by atoms with Crippen molar-refractivity contribution in [1.82, 2.24) is 5.32 Å². The average molecular weight is 367 g/mol. The predicted molar refractivity (Wildman–Crippen MR) is 95.1 cm³/mol. The van der Waals surface area contributed by atoms with E-state index >= 15 is 0 Å². The lowest BCUT2D eigenvalue weighted by Gasteiger charge is -2.19. The van der Waals surface area contributed by atoms with E-state index in [1.807, 2.05) is 6.07 Å². The smallest absolute Gasteiger partial charge is 0.0548 e. The van der Waals surface area contributed by atoms with Crippen molar-refractivity contribution >= 4 is 27.5 Å². The minimum absolute atomic E-state index is 0.302. The van der Waals surface area contributed by atoms with Crippen molar-refractivity contribution in [2.45, 2.75) is 32.7 Å². The Morgan fingerprint density at radius 1 is 1.05 bits per heavy atom. The van der Waals surface area contributed by atoms with Crippen molar-refractivity contribution in [3.8, 4) is 0 Å². The van der Waals surface area contributed by atoms with Crippen LogP contribution in [0.25, 0.3) is 0 Å². The third kappa shape index (κ3) is 4.57. The molecule has 0 aromatic heterocycles. The fraction of sp³-hybridized carbons (Fsp3) is 0.333. The number of likely N-dealkylation sites (N-methyl/N-ethyl adjacent to an activating group) is 1. The van der Waals surface area contributed by atoms with E-state index in [1.165, 1.54) is 16.7 Å². The van der Waals surface area contributed by atoms with E-state index in [9.17, 15) is 0 Å². The van der Waals surface area contributed by atoms with Crippen LogP contribution in [0.4, 0.5) is 0 Å². The van der Waals surface area contributed by atoms with Crippen LogP contribution in [0.3, 0.4) is 0 Å². The first-order valence-electron chi connectivity index (χ1n) is 7.40. The van der Waals surface area contributed by atoms with Gasteiger partial charge in [-0.3, -0.25) is 0 Å². The average Bonchev–Trinajstić information content (AvgIpc) is 2.50. The normalized spacial score (nSPS) is 12.4. The molecule has 112 valence electrons. The first-order valence-corrected chi connectivity index (χ1v) is 8.57. The lowest BCUT2D eigenvalue weighted by Crippen LogP contribution is -2.23. The summed E-state index contributed by atoms with van der Waals surface area (Å²) in [5, 5.41) is 4.31. The van der Waals surface area contributed by atoms with Crippen molar-refractivity contribution in [1.29, 1.82) is 0 Å². The summed E-state index contributed by atoms with van der Waals surface area (Å²) in [7, 11) is 0. The highest BCUT2D eigenvalue weighted by atomic mass is 79.9. The lowest BCUT2D eigenvalue weighted by molar-refractivity contribution is 0.549. The summed E-state index contributed by atoms with van der Waals surface area (Å²) >= 11 is 9.60. The van der Waals surface area contributed by atoms with Gasteiger partial charge in [-0.1, -0.05) is 55.8 Å². The number of rotatable bonds is 6. The maximum atomic E-state index is 6.09. The van der Waals surface area contributed by atoms with E-state index < -0.39 is 0 Å². The second kappa shape index (κ2) is 7.98. The molecule has 3 heteroatoms. The minimum Gasteiger partial charge on any atom is -0.310 e. The van der Waals surface area contributed by atoms with Gasteiger partial charge in [-0.25, -0.2) is 0 Å². The molecule has 0 aliphatic rings. The highest BCUT2D eigenvalue weighted by Crippen LogP contribution is 2.27. The summed E-state index contributed by atoms with van der Waals surface area (Å²) < 4.78 is 0.950. The summed E-state index contributed by atoms with van der Waals surface area (Å²) in [6.45, 7) is 5.26. The summed E-state index contributed by atoms with van der Waals surface area (Å²) in [6.07, 6.45) is 2.06. The van der Waals surface area contributed by atoms with Gasteiger partial charge in [0.05, 0.1) is 5.02 Å².